The molecule has 0 fully saturated rings. The number of imidazole rings is 1. The minimum absolute atomic E-state index is 0.0472. The first kappa shape index (κ1) is 25.2. The van der Waals surface area contributed by atoms with Crippen LogP contribution in [0.4, 0.5) is 30.7 Å². The lowest BCUT2D eigenvalue weighted by Crippen LogP contribution is -2.38. The molecule has 13 heteroatoms. The van der Waals surface area contributed by atoms with Gasteiger partial charge in [-0.25, -0.2) is 19.3 Å². The Bertz CT molecular complexity index is 1640. The van der Waals surface area contributed by atoms with Crippen molar-refractivity contribution in [3.63, 3.8) is 0 Å². The van der Waals surface area contributed by atoms with Crippen LogP contribution in [0.5, 0.6) is 0 Å². The van der Waals surface area contributed by atoms with Crippen LogP contribution < -0.4 is 4.68 Å². The summed E-state index contributed by atoms with van der Waals surface area (Å²) in [4.78, 5) is 15.5. The maximum Gasteiger partial charge on any atom is 0.417 e. The molecular weight excluding hydrogens is 517 g/mol. The zero-order valence-corrected chi connectivity index (χ0v) is 19.4. The van der Waals surface area contributed by atoms with Crippen molar-refractivity contribution < 1.29 is 35.4 Å². The molecule has 1 N–H and O–H groups in total. The van der Waals surface area contributed by atoms with Crippen molar-refractivity contribution in [1.29, 1.82) is 0 Å². The van der Waals surface area contributed by atoms with E-state index < -0.39 is 29.0 Å². The molecule has 3 heterocycles. The second-order valence-corrected chi connectivity index (χ2v) is 8.44. The molecule has 5 aromatic rings. The van der Waals surface area contributed by atoms with E-state index in [0.29, 0.717) is 45.7 Å². The van der Waals surface area contributed by atoms with Crippen LogP contribution in [0, 0.1) is 12.7 Å². The Morgan fingerprint density at radius 1 is 0.895 bits per heavy atom. The van der Waals surface area contributed by atoms with E-state index >= 15 is 0 Å². The number of hydrogen-bond acceptors (Lipinski definition) is 4. The second kappa shape index (κ2) is 9.15. The van der Waals surface area contributed by atoms with Crippen molar-refractivity contribution in [3.05, 3.63) is 89.3 Å². The molecule has 0 aliphatic heterocycles. The number of benzene rings is 2. The average molecular weight is 533 g/mol. The van der Waals surface area contributed by atoms with Gasteiger partial charge in [0.2, 0.25) is 12.7 Å². The molecule has 0 saturated heterocycles. The van der Waals surface area contributed by atoms with Crippen molar-refractivity contribution in [2.24, 2.45) is 0 Å². The Hall–Kier alpha value is -4.42. The van der Waals surface area contributed by atoms with Crippen LogP contribution in [0.3, 0.4) is 0 Å². The molecule has 0 aliphatic rings. The first-order valence-corrected chi connectivity index (χ1v) is 11.0. The number of halogens is 7. The quantitative estimate of drug-likeness (QED) is 0.231. The molecule has 2 aromatic carbocycles. The summed E-state index contributed by atoms with van der Waals surface area (Å²) in [5.41, 5.74) is -0.815. The molecule has 6 nitrogen and oxygen atoms in total. The highest BCUT2D eigenvalue weighted by molar-refractivity contribution is 5.77. The van der Waals surface area contributed by atoms with Gasteiger partial charge in [0.1, 0.15) is 28.9 Å². The van der Waals surface area contributed by atoms with Gasteiger partial charge in [-0.05, 0) is 41.9 Å². The summed E-state index contributed by atoms with van der Waals surface area (Å²) in [6.07, 6.45) is -4.29. The first-order chi connectivity index (χ1) is 17.9. The monoisotopic (exact) mass is 533 g/mol. The summed E-state index contributed by atoms with van der Waals surface area (Å²) >= 11 is 0. The molecule has 0 radical (unpaired) electrons. The lowest BCUT2D eigenvalue weighted by atomic mass is 10.0. The standard InChI is InChI=1S/C25H15F7N6/c1-13-16(3-2-4-19(13)26)23-36-20-10-35-38(12-21(20)37-23)11-14-8-33-22(34-9-14)17-6-5-15(24(27,28)29)7-18(17)25(30,31)32/h2-10,12H,11H2,1H3/p+1. The zero-order valence-electron chi connectivity index (χ0n) is 19.4. The van der Waals surface area contributed by atoms with Crippen molar-refractivity contribution in [2.45, 2.75) is 25.8 Å². The van der Waals surface area contributed by atoms with E-state index in [2.05, 4.69) is 25.0 Å². The molecule has 0 aliphatic carbocycles. The molecule has 0 saturated carbocycles. The van der Waals surface area contributed by atoms with E-state index in [1.54, 1.807) is 25.3 Å². The summed E-state index contributed by atoms with van der Waals surface area (Å²) in [7, 11) is 0. The van der Waals surface area contributed by atoms with Crippen LogP contribution in [0.25, 0.3) is 33.8 Å². The van der Waals surface area contributed by atoms with E-state index in [4.69, 9.17) is 0 Å². The van der Waals surface area contributed by atoms with Crippen LogP contribution in [0.15, 0.2) is 61.2 Å². The van der Waals surface area contributed by atoms with Gasteiger partial charge in [-0.15, -0.1) is 0 Å². The molecule has 38 heavy (non-hydrogen) atoms. The molecule has 0 amide bonds. The maximum absolute atomic E-state index is 13.9. The fraction of sp³-hybridized carbons (Fsp3) is 0.160. The van der Waals surface area contributed by atoms with E-state index in [1.165, 1.54) is 29.3 Å². The van der Waals surface area contributed by atoms with Crippen molar-refractivity contribution in [1.82, 2.24) is 25.0 Å². The normalized spacial score (nSPS) is 12.3. The molecule has 5 rings (SSSR count). The highest BCUT2D eigenvalue weighted by Gasteiger charge is 2.38. The van der Waals surface area contributed by atoms with Gasteiger partial charge in [-0.2, -0.15) is 26.3 Å². The van der Waals surface area contributed by atoms with Gasteiger partial charge >= 0.3 is 12.4 Å². The number of fused-ring (bicyclic) bond motifs is 1. The van der Waals surface area contributed by atoms with E-state index in [0.717, 1.165) is 0 Å². The van der Waals surface area contributed by atoms with Gasteiger partial charge in [0.05, 0.1) is 16.7 Å². The number of H-pyrrole nitrogens is 1. The number of alkyl halides is 6. The van der Waals surface area contributed by atoms with Crippen molar-refractivity contribution >= 4 is 11.0 Å². The van der Waals surface area contributed by atoms with E-state index in [-0.39, 0.29) is 24.3 Å². The number of nitrogens with one attached hydrogen (secondary N) is 1. The SMILES string of the molecule is Cc1c(F)cccc1-c1nc2cn[n+](Cc3cnc(-c4ccc(C(F)(F)F)cc4C(F)(F)F)nc3)cc2[nH]1. The van der Waals surface area contributed by atoms with Crippen LogP contribution in [-0.4, -0.2) is 25.0 Å². The summed E-state index contributed by atoms with van der Waals surface area (Å²) in [6.45, 7) is 1.78. The lowest BCUT2D eigenvalue weighted by molar-refractivity contribution is -0.745. The van der Waals surface area contributed by atoms with Gasteiger partial charge < -0.3 is 4.98 Å². The highest BCUT2D eigenvalue weighted by atomic mass is 19.4. The zero-order chi connectivity index (χ0) is 27.2. The summed E-state index contributed by atoms with van der Waals surface area (Å²) in [5.74, 6) is -0.272. The number of nitrogens with zero attached hydrogens (tertiary/aromatic N) is 5. The maximum atomic E-state index is 13.9. The average Bonchev–Trinajstić information content (AvgIpc) is 3.28. The molecule has 0 bridgehead atoms. The molecular formula is C25H16F7N6+. The summed E-state index contributed by atoms with van der Waals surface area (Å²) < 4.78 is 94.7. The van der Waals surface area contributed by atoms with Crippen LogP contribution >= 0.6 is 0 Å². The van der Waals surface area contributed by atoms with Crippen molar-refractivity contribution in [3.8, 4) is 22.8 Å². The Morgan fingerprint density at radius 3 is 2.32 bits per heavy atom. The molecule has 194 valence electrons. The van der Waals surface area contributed by atoms with Crippen LogP contribution in [0.2, 0.25) is 0 Å². The fourth-order valence-electron chi connectivity index (χ4n) is 3.90. The van der Waals surface area contributed by atoms with Crippen LogP contribution in [-0.2, 0) is 18.9 Å². The van der Waals surface area contributed by atoms with Crippen LogP contribution in [0.1, 0.15) is 22.3 Å². The topological polar surface area (TPSA) is 71.2 Å². The first-order valence-electron chi connectivity index (χ1n) is 11.0. The van der Waals surface area contributed by atoms with Gasteiger partial charge in [0.25, 0.3) is 0 Å². The fourth-order valence-corrected chi connectivity index (χ4v) is 3.90. The molecule has 0 atom stereocenters. The van der Waals surface area contributed by atoms with Gasteiger partial charge in [0, 0.05) is 23.5 Å². The van der Waals surface area contributed by atoms with Gasteiger partial charge in [-0.3, -0.25) is 0 Å². The number of aromatic nitrogens is 6. The minimum atomic E-state index is -5.04. The highest BCUT2D eigenvalue weighted by Crippen LogP contribution is 2.40. The van der Waals surface area contributed by atoms with Crippen molar-refractivity contribution in [2.75, 3.05) is 0 Å². The minimum Gasteiger partial charge on any atom is -0.333 e. The number of aromatic amines is 1. The predicted molar refractivity (Wildman–Crippen MR) is 121 cm³/mol. The predicted octanol–water partition coefficient (Wildman–Crippen LogP) is 5.90. The number of rotatable bonds is 4. The molecule has 0 unspecified atom stereocenters. The van der Waals surface area contributed by atoms with Gasteiger partial charge in [0.15, 0.2) is 5.82 Å². The Balaban J connectivity index is 1.41. The smallest absolute Gasteiger partial charge is 0.333 e. The van der Waals surface area contributed by atoms with Gasteiger partial charge in [-0.1, -0.05) is 16.8 Å². The number of hydrogen-bond donors (Lipinski definition) is 1. The third-order valence-corrected chi connectivity index (χ3v) is 5.83. The summed E-state index contributed by atoms with van der Waals surface area (Å²) in [5, 5.41) is 4.26. The molecule has 0 spiro atoms. The Morgan fingerprint density at radius 2 is 1.63 bits per heavy atom. The summed E-state index contributed by atoms with van der Waals surface area (Å²) in [6, 6.07) is 5.98. The largest absolute Gasteiger partial charge is 0.417 e. The third kappa shape index (κ3) is 4.91. The van der Waals surface area contributed by atoms with E-state index in [1.807, 2.05) is 0 Å². The Kier molecular flexibility index (Phi) is 6.08. The Labute approximate surface area is 209 Å². The third-order valence-electron chi connectivity index (χ3n) is 5.83. The van der Waals surface area contributed by atoms with E-state index in [9.17, 15) is 30.7 Å². The molecule has 3 aromatic heterocycles. The second-order valence-electron chi connectivity index (χ2n) is 8.44. The lowest BCUT2D eigenvalue weighted by Gasteiger charge is -2.15.